The van der Waals surface area contributed by atoms with Crippen molar-refractivity contribution in [2.45, 2.75) is 0 Å². The number of hydrogen-bond acceptors (Lipinski definition) is 5. The minimum absolute atomic E-state index is 0. The van der Waals surface area contributed by atoms with Gasteiger partial charge in [0.1, 0.15) is 0 Å². The summed E-state index contributed by atoms with van der Waals surface area (Å²) in [5, 5.41) is 15.4. The van der Waals surface area contributed by atoms with Crippen molar-refractivity contribution < 1.29 is 73.0 Å². The third-order valence-corrected chi connectivity index (χ3v) is 0.341. The third-order valence-electron chi connectivity index (χ3n) is 0.341. The van der Waals surface area contributed by atoms with E-state index in [1.807, 2.05) is 0 Å². The molecule has 0 radical (unpaired) electrons. The van der Waals surface area contributed by atoms with Crippen LogP contribution in [0.3, 0.4) is 0 Å². The van der Waals surface area contributed by atoms with Gasteiger partial charge in [-0.05, 0) is 0 Å². The number of rotatable bonds is 0. The Labute approximate surface area is 148 Å². The predicted octanol–water partition coefficient (Wildman–Crippen LogP) is -0.806. The monoisotopic (exact) mass is 326 g/mol. The van der Waals surface area contributed by atoms with Crippen molar-refractivity contribution in [1.82, 2.24) is 0 Å². The van der Waals surface area contributed by atoms with Crippen molar-refractivity contribution >= 4 is 77.6 Å². The normalized spacial score (nSPS) is 5.71. The summed E-state index contributed by atoms with van der Waals surface area (Å²) in [4.78, 5) is 28.8. The summed E-state index contributed by atoms with van der Waals surface area (Å²) in [6.07, 6.45) is -5.64. The Kier molecular flexibility index (Phi) is 35.6. The summed E-state index contributed by atoms with van der Waals surface area (Å²) >= 11 is 0. The smallest absolute Gasteiger partial charge is 0 e. The molecular formula is C3H4Na2O7Zn2. The van der Waals surface area contributed by atoms with Crippen LogP contribution in [0.15, 0.2) is 0 Å². The van der Waals surface area contributed by atoms with Gasteiger partial charge in [-0.25, -0.2) is 14.4 Å². The summed E-state index contributed by atoms with van der Waals surface area (Å²) in [6.45, 7) is 0. The first-order valence-electron chi connectivity index (χ1n) is 1.88. The second-order valence-electron chi connectivity index (χ2n) is 0.986. The molecule has 0 aromatic carbocycles. The van der Waals surface area contributed by atoms with E-state index >= 15 is 0 Å². The van der Waals surface area contributed by atoms with Crippen LogP contribution in [0.2, 0.25) is 0 Å². The zero-order valence-electron chi connectivity index (χ0n) is 5.85. The molecule has 0 rings (SSSR count). The molecule has 0 saturated carbocycles. The maximum absolute atomic E-state index is 9.86. The van der Waals surface area contributed by atoms with Crippen molar-refractivity contribution in [1.29, 1.82) is 0 Å². The van der Waals surface area contributed by atoms with E-state index in [0.717, 1.165) is 0 Å². The standard InChI is InChI=1S/C3H2O7.2Na.2Zn.2H/c4-1(5)9-3(8)10-2(6)7;;;;;;/h(H,4,5)(H,6,7);;;;;;. The summed E-state index contributed by atoms with van der Waals surface area (Å²) in [7, 11) is 0. The van der Waals surface area contributed by atoms with E-state index in [9.17, 15) is 14.4 Å². The maximum atomic E-state index is 9.86. The number of hydrogen-bond donors (Lipinski definition) is 2. The number of carbonyl (C=O) groups is 3. The Morgan fingerprint density at radius 2 is 1.00 bits per heavy atom. The average molecular weight is 329 g/mol. The van der Waals surface area contributed by atoms with Gasteiger partial charge in [0.25, 0.3) is 0 Å². The molecule has 0 saturated heterocycles. The fraction of sp³-hybridized carbons (Fsp3) is 0. The van der Waals surface area contributed by atoms with Gasteiger partial charge in [-0.2, -0.15) is 0 Å². The average Bonchev–Trinajstić information content (AvgIpc) is 1.58. The summed E-state index contributed by atoms with van der Waals surface area (Å²) < 4.78 is 6.47. The molecule has 0 aromatic heterocycles. The minimum atomic E-state index is -1.92. The molecule has 2 N–H and O–H groups in total. The van der Waals surface area contributed by atoms with E-state index in [2.05, 4.69) is 9.47 Å². The second-order valence-corrected chi connectivity index (χ2v) is 0.986. The molecule has 0 aliphatic carbocycles. The second kappa shape index (κ2) is 16.9. The van der Waals surface area contributed by atoms with Crippen LogP contribution in [0.5, 0.6) is 0 Å². The molecule has 0 aliphatic heterocycles. The summed E-state index contributed by atoms with van der Waals surface area (Å²) in [5.41, 5.74) is 0. The van der Waals surface area contributed by atoms with Gasteiger partial charge >= 0.3 is 77.6 Å². The van der Waals surface area contributed by atoms with Crippen molar-refractivity contribution in [3.8, 4) is 0 Å². The van der Waals surface area contributed by atoms with Gasteiger partial charge in [-0.1, -0.05) is 0 Å². The minimum Gasteiger partial charge on any atom is 0 e. The molecule has 0 atom stereocenters. The van der Waals surface area contributed by atoms with Crippen LogP contribution in [0.25, 0.3) is 0 Å². The largest absolute Gasteiger partial charge is 0 e. The molecule has 7 nitrogen and oxygen atoms in total. The zero-order chi connectivity index (χ0) is 8.15. The molecule has 64 valence electrons. The van der Waals surface area contributed by atoms with E-state index < -0.39 is 18.5 Å². The SMILES string of the molecule is O=C(O)OC(=O)OC(=O)O.[NaH].[NaH].[Zn].[Zn]. The Morgan fingerprint density at radius 3 is 1.14 bits per heavy atom. The third kappa shape index (κ3) is 23.3. The molecule has 0 bridgehead atoms. The van der Waals surface area contributed by atoms with Gasteiger partial charge in [0.2, 0.25) is 0 Å². The number of carboxylic acid groups (broad SMARTS) is 2. The van der Waals surface area contributed by atoms with Crippen LogP contribution < -0.4 is 0 Å². The first-order valence-corrected chi connectivity index (χ1v) is 1.88. The molecule has 0 heterocycles. The van der Waals surface area contributed by atoms with Gasteiger partial charge in [0, 0.05) is 39.0 Å². The van der Waals surface area contributed by atoms with Gasteiger partial charge < -0.3 is 19.7 Å². The van der Waals surface area contributed by atoms with Crippen LogP contribution in [0.1, 0.15) is 0 Å². The Morgan fingerprint density at radius 1 is 0.786 bits per heavy atom. The number of carbonyl (C=O) groups excluding carboxylic acids is 1. The molecule has 14 heavy (non-hydrogen) atoms. The fourth-order valence-electron chi connectivity index (χ4n) is 0.163. The van der Waals surface area contributed by atoms with Gasteiger partial charge in [-0.3, -0.25) is 0 Å². The van der Waals surface area contributed by atoms with E-state index in [1.54, 1.807) is 0 Å². The topological polar surface area (TPSA) is 110 Å². The van der Waals surface area contributed by atoms with Gasteiger partial charge in [-0.15, -0.1) is 0 Å². The Balaban J connectivity index is -0.0000000675. The van der Waals surface area contributed by atoms with E-state index in [4.69, 9.17) is 10.2 Å². The quantitative estimate of drug-likeness (QED) is 0.340. The van der Waals surface area contributed by atoms with E-state index in [-0.39, 0.29) is 98.1 Å². The molecule has 0 spiro atoms. The van der Waals surface area contributed by atoms with E-state index in [0.29, 0.717) is 0 Å². The van der Waals surface area contributed by atoms with Crippen LogP contribution in [0, 0.1) is 0 Å². The fourth-order valence-corrected chi connectivity index (χ4v) is 0.163. The predicted molar refractivity (Wildman–Crippen MR) is 37.9 cm³/mol. The van der Waals surface area contributed by atoms with E-state index in [1.165, 1.54) is 0 Å². The summed E-state index contributed by atoms with van der Waals surface area (Å²) in [5.74, 6) is 0. The van der Waals surface area contributed by atoms with Crippen molar-refractivity contribution in [2.75, 3.05) is 0 Å². The molecule has 0 unspecified atom stereocenters. The molecule has 0 fully saturated rings. The van der Waals surface area contributed by atoms with Crippen LogP contribution >= 0.6 is 0 Å². The molecule has 0 aliphatic rings. The first-order chi connectivity index (χ1) is 4.52. The van der Waals surface area contributed by atoms with Crippen LogP contribution in [-0.2, 0) is 48.4 Å². The van der Waals surface area contributed by atoms with Gasteiger partial charge in [0.05, 0.1) is 0 Å². The van der Waals surface area contributed by atoms with Crippen LogP contribution in [-0.4, -0.2) is 87.8 Å². The Hall–Kier alpha value is 1.46. The van der Waals surface area contributed by atoms with Crippen molar-refractivity contribution in [2.24, 2.45) is 0 Å². The van der Waals surface area contributed by atoms with Gasteiger partial charge in [0.15, 0.2) is 0 Å². The molecule has 0 amide bonds. The zero-order valence-corrected chi connectivity index (χ0v) is 11.8. The van der Waals surface area contributed by atoms with Crippen LogP contribution in [0.4, 0.5) is 14.4 Å². The molecular weight excluding hydrogens is 325 g/mol. The summed E-state index contributed by atoms with van der Waals surface area (Å²) in [6, 6.07) is 0. The Bertz CT molecular complexity index is 168. The maximum Gasteiger partial charge on any atom is 0 e. The van der Waals surface area contributed by atoms with Crippen molar-refractivity contribution in [3.63, 3.8) is 0 Å². The molecule has 11 heteroatoms. The van der Waals surface area contributed by atoms with Crippen molar-refractivity contribution in [3.05, 3.63) is 0 Å². The first kappa shape index (κ1) is 29.5. The number of ether oxygens (including phenoxy) is 2. The molecule has 0 aromatic rings.